The van der Waals surface area contributed by atoms with E-state index in [9.17, 15) is 13.2 Å². The quantitative estimate of drug-likeness (QED) is 0.324. The van der Waals surface area contributed by atoms with Gasteiger partial charge in [0, 0.05) is 36.1 Å². The molecular formula is C35H44N4O5S. The van der Waals surface area contributed by atoms with Crippen LogP contribution >= 0.6 is 0 Å². The minimum Gasteiger partial charge on any atom is -0.477 e. The molecule has 3 aliphatic rings. The number of benzene rings is 2. The van der Waals surface area contributed by atoms with Gasteiger partial charge in [0.1, 0.15) is 0 Å². The number of sulfonamides is 1. The van der Waals surface area contributed by atoms with Crippen LogP contribution < -0.4 is 9.46 Å². The van der Waals surface area contributed by atoms with E-state index < -0.39 is 10.0 Å². The zero-order valence-corrected chi connectivity index (χ0v) is 27.9. The molecule has 1 N–H and O–H groups in total. The molecule has 1 saturated heterocycles. The van der Waals surface area contributed by atoms with Gasteiger partial charge in [-0.3, -0.25) is 0 Å². The normalized spacial score (nSPS) is 22.0. The monoisotopic (exact) mass is 632 g/mol. The largest absolute Gasteiger partial charge is 0.477 e. The van der Waals surface area contributed by atoms with Crippen molar-refractivity contribution in [2.45, 2.75) is 77.7 Å². The van der Waals surface area contributed by atoms with Crippen LogP contribution in [0.1, 0.15) is 69.6 Å². The van der Waals surface area contributed by atoms with E-state index in [2.05, 4.69) is 34.6 Å². The van der Waals surface area contributed by atoms with E-state index in [4.69, 9.17) is 9.47 Å². The van der Waals surface area contributed by atoms with Gasteiger partial charge in [0.25, 0.3) is 10.0 Å². The topological polar surface area (TPSA) is 111 Å². The molecule has 9 nitrogen and oxygen atoms in total. The number of nitrogens with one attached hydrogen (secondary N) is 1. The first-order chi connectivity index (χ1) is 21.3. The number of nitrogens with zero attached hydrogens (tertiary/aromatic N) is 3. The first-order valence-corrected chi connectivity index (χ1v) is 17.5. The maximum atomic E-state index is 13.7. The average Bonchev–Trinajstić information content (AvgIpc) is 2.90. The van der Waals surface area contributed by atoms with Gasteiger partial charge >= 0.3 is 6.09 Å². The molecule has 1 saturated carbocycles. The Labute approximate surface area is 266 Å². The second-order valence-electron chi connectivity index (χ2n) is 14.0. The van der Waals surface area contributed by atoms with Crippen LogP contribution in [-0.4, -0.2) is 55.2 Å². The van der Waals surface area contributed by atoms with E-state index in [1.54, 1.807) is 11.0 Å². The molecule has 2 fully saturated rings. The van der Waals surface area contributed by atoms with Crippen LogP contribution in [0.25, 0.3) is 11.3 Å². The standard InChI is InChI=1S/C35H44N4O5S/c1-21(2)13-26-18-43-30-15-29(31-23(5)9-7-10-24(31)6)36-33(37-30)38-45(41,42)28-12-8-11-25(14-28)32(26)27-16-35(17-27)19-39(20-35)34(40)44-22(3)4/h7-12,14-15,21-22,26-27,32H,13,16-20H2,1-6H3,(H,36,37,38)/t26-,32?/m1/s1. The first-order valence-electron chi connectivity index (χ1n) is 16.0. The summed E-state index contributed by atoms with van der Waals surface area (Å²) in [4.78, 5) is 23.6. The summed E-state index contributed by atoms with van der Waals surface area (Å²) in [6.45, 7) is 14.0. The molecule has 1 aromatic heterocycles. The number of hydrogen-bond acceptors (Lipinski definition) is 7. The van der Waals surface area contributed by atoms with Crippen molar-refractivity contribution < 1.29 is 22.7 Å². The van der Waals surface area contributed by atoms with Gasteiger partial charge in [-0.1, -0.05) is 44.2 Å². The first kappa shape index (κ1) is 31.3. The zero-order chi connectivity index (χ0) is 32.1. The van der Waals surface area contributed by atoms with Crippen LogP contribution in [0.3, 0.4) is 0 Å². The minimum atomic E-state index is -3.98. The Morgan fingerprint density at radius 1 is 1.04 bits per heavy atom. The number of rotatable bonds is 5. The molecule has 3 aromatic rings. The lowest BCUT2D eigenvalue weighted by atomic mass is 9.52. The lowest BCUT2D eigenvalue weighted by Gasteiger charge is -2.60. The van der Waals surface area contributed by atoms with Gasteiger partial charge < -0.3 is 14.4 Å². The third-order valence-electron chi connectivity index (χ3n) is 9.49. The highest BCUT2D eigenvalue weighted by molar-refractivity contribution is 7.92. The van der Waals surface area contributed by atoms with Gasteiger partial charge in [-0.15, -0.1) is 0 Å². The molecule has 1 aliphatic carbocycles. The number of likely N-dealkylation sites (tertiary alicyclic amines) is 1. The van der Waals surface area contributed by atoms with Crippen LogP contribution in [0.4, 0.5) is 10.7 Å². The van der Waals surface area contributed by atoms with Gasteiger partial charge in [0.2, 0.25) is 11.8 Å². The third-order valence-corrected chi connectivity index (χ3v) is 10.8. The highest BCUT2D eigenvalue weighted by Gasteiger charge is 2.56. The predicted molar refractivity (Wildman–Crippen MR) is 174 cm³/mol. The lowest BCUT2D eigenvalue weighted by molar-refractivity contribution is -0.100. The lowest BCUT2D eigenvalue weighted by Crippen LogP contribution is -2.64. The average molecular weight is 633 g/mol. The van der Waals surface area contributed by atoms with Crippen molar-refractivity contribution in [1.29, 1.82) is 0 Å². The second kappa shape index (κ2) is 11.9. The van der Waals surface area contributed by atoms with Crippen molar-refractivity contribution in [3.05, 3.63) is 65.2 Å². The van der Waals surface area contributed by atoms with Crippen LogP contribution in [0, 0.1) is 37.0 Å². The number of carbonyl (C=O) groups excluding carboxylic acids is 1. The Bertz CT molecular complexity index is 1670. The van der Waals surface area contributed by atoms with Crippen LogP contribution in [0.2, 0.25) is 0 Å². The van der Waals surface area contributed by atoms with Crippen LogP contribution in [0.15, 0.2) is 53.4 Å². The van der Waals surface area contributed by atoms with Crippen LogP contribution in [-0.2, 0) is 14.8 Å². The van der Waals surface area contributed by atoms with Crippen molar-refractivity contribution in [2.75, 3.05) is 24.4 Å². The Morgan fingerprint density at radius 3 is 2.40 bits per heavy atom. The molecule has 10 heteroatoms. The molecule has 2 aromatic carbocycles. The fourth-order valence-corrected chi connectivity index (χ4v) is 8.74. The Balaban J connectivity index is 1.35. The number of aryl methyl sites for hydroxylation is 2. The number of carbonyl (C=O) groups is 1. The summed E-state index contributed by atoms with van der Waals surface area (Å²) in [6.07, 6.45) is 2.48. The van der Waals surface area contributed by atoms with Crippen molar-refractivity contribution in [1.82, 2.24) is 14.9 Å². The SMILES string of the molecule is Cc1cccc(C)c1-c1cc2nc(n1)NS(=O)(=O)c1cccc(c1)C(C1CC3(C1)CN(C(=O)OC(C)C)C3)[C@H](CC(C)C)CO2. The highest BCUT2D eigenvalue weighted by atomic mass is 32.2. The summed E-state index contributed by atoms with van der Waals surface area (Å²) >= 11 is 0. The molecule has 45 heavy (non-hydrogen) atoms. The van der Waals surface area contributed by atoms with Gasteiger partial charge in [0.05, 0.1) is 23.3 Å². The number of ether oxygens (including phenoxy) is 2. The van der Waals surface area contributed by atoms with Crippen molar-refractivity contribution in [3.8, 4) is 17.1 Å². The number of anilines is 1. The van der Waals surface area contributed by atoms with Crippen molar-refractivity contribution in [3.63, 3.8) is 0 Å². The summed E-state index contributed by atoms with van der Waals surface area (Å²) in [5.41, 5.74) is 4.71. The maximum Gasteiger partial charge on any atom is 0.410 e. The Hall–Kier alpha value is -3.66. The fourth-order valence-electron chi connectivity index (χ4n) is 7.74. The summed E-state index contributed by atoms with van der Waals surface area (Å²) in [5.74, 6) is 1.29. The number of hydrogen-bond donors (Lipinski definition) is 1. The third kappa shape index (κ3) is 6.39. The summed E-state index contributed by atoms with van der Waals surface area (Å²) in [7, 11) is -3.98. The zero-order valence-electron chi connectivity index (χ0n) is 27.0. The molecule has 0 radical (unpaired) electrons. The van der Waals surface area contributed by atoms with Crippen molar-refractivity contribution >= 4 is 22.1 Å². The van der Waals surface area contributed by atoms with E-state index >= 15 is 0 Å². The molecule has 1 unspecified atom stereocenters. The molecular weight excluding hydrogens is 588 g/mol. The smallest absolute Gasteiger partial charge is 0.410 e. The molecule has 1 amide bonds. The van der Waals surface area contributed by atoms with Gasteiger partial charge in [-0.2, -0.15) is 4.98 Å². The Morgan fingerprint density at radius 2 is 1.73 bits per heavy atom. The summed E-state index contributed by atoms with van der Waals surface area (Å²) in [5, 5.41) is 0. The number of fused-ring (bicyclic) bond motifs is 4. The maximum absolute atomic E-state index is 13.7. The van der Waals surface area contributed by atoms with Crippen LogP contribution in [0.5, 0.6) is 5.88 Å². The molecule has 2 atom stereocenters. The van der Waals surface area contributed by atoms with Gasteiger partial charge in [0.15, 0.2) is 0 Å². The molecule has 240 valence electrons. The Kier molecular flexibility index (Phi) is 8.31. The van der Waals surface area contributed by atoms with E-state index in [0.29, 0.717) is 43.1 Å². The molecule has 6 rings (SSSR count). The van der Waals surface area contributed by atoms with Gasteiger partial charge in [-0.25, -0.2) is 22.9 Å². The molecule has 2 aliphatic heterocycles. The molecule has 4 bridgehead atoms. The highest BCUT2D eigenvalue weighted by Crippen LogP contribution is 2.58. The van der Waals surface area contributed by atoms with E-state index in [1.807, 2.05) is 64.1 Å². The van der Waals surface area contributed by atoms with E-state index in [-0.39, 0.29) is 40.3 Å². The van der Waals surface area contributed by atoms with Crippen molar-refractivity contribution in [2.24, 2.45) is 23.2 Å². The summed E-state index contributed by atoms with van der Waals surface area (Å²) in [6, 6.07) is 15.2. The van der Waals surface area contributed by atoms with E-state index in [0.717, 1.165) is 41.5 Å². The minimum absolute atomic E-state index is 0.0143. The summed E-state index contributed by atoms with van der Waals surface area (Å²) < 4.78 is 42.0. The molecule has 3 heterocycles. The van der Waals surface area contributed by atoms with E-state index in [1.165, 1.54) is 0 Å². The molecule has 1 spiro atoms. The second-order valence-corrected chi connectivity index (χ2v) is 15.7. The number of amides is 1. The van der Waals surface area contributed by atoms with Gasteiger partial charge in [-0.05, 0) is 93.5 Å². The predicted octanol–water partition coefficient (Wildman–Crippen LogP) is 6.96. The fraction of sp³-hybridized carbons (Fsp3) is 0.514. The number of aromatic nitrogens is 2.